The highest BCUT2D eigenvalue weighted by atomic mass is 16.5. The van der Waals surface area contributed by atoms with E-state index in [2.05, 4.69) is 104 Å². The van der Waals surface area contributed by atoms with Crippen molar-refractivity contribution in [1.82, 2.24) is 9.13 Å². The molecule has 0 saturated carbocycles. The predicted octanol–water partition coefficient (Wildman–Crippen LogP) is 35.3. The number of nitrogens with zero attached hydrogens (tertiary/aromatic N) is 2. The summed E-state index contributed by atoms with van der Waals surface area (Å²) in [6, 6.07) is 17.6. The van der Waals surface area contributed by atoms with E-state index in [-0.39, 0.29) is 34.1 Å². The molecule has 0 fully saturated rings. The number of benzene rings is 9. The van der Waals surface area contributed by atoms with Crippen molar-refractivity contribution in [3.8, 4) is 23.0 Å². The molecule has 2 unspecified atom stereocenters. The van der Waals surface area contributed by atoms with E-state index >= 15 is 19.2 Å². The molecule has 0 radical (unpaired) electrons. The van der Waals surface area contributed by atoms with Gasteiger partial charge in [-0.2, -0.15) is 0 Å². The molecule has 696 valence electrons. The van der Waals surface area contributed by atoms with Crippen LogP contribution in [-0.4, -0.2) is 35.6 Å². The van der Waals surface area contributed by atoms with Gasteiger partial charge in [0.1, 0.15) is 0 Å². The summed E-state index contributed by atoms with van der Waals surface area (Å²) >= 11 is 0. The van der Waals surface area contributed by atoms with E-state index in [9.17, 15) is 0 Å². The van der Waals surface area contributed by atoms with Crippen molar-refractivity contribution in [1.29, 1.82) is 0 Å². The zero-order valence-corrected chi connectivity index (χ0v) is 81.4. The van der Waals surface area contributed by atoms with Gasteiger partial charge in [0, 0.05) is 56.2 Å². The van der Waals surface area contributed by atoms with Gasteiger partial charge in [-0.15, -0.1) is 0 Å². The van der Waals surface area contributed by atoms with Crippen LogP contribution in [0.25, 0.3) is 108 Å². The molecule has 0 aliphatic carbocycles. The lowest BCUT2D eigenvalue weighted by Crippen LogP contribution is -2.36. The van der Waals surface area contributed by atoms with Gasteiger partial charge in [-0.25, -0.2) is 0 Å². The van der Waals surface area contributed by atoms with Crippen LogP contribution in [0.3, 0.4) is 0 Å². The molecule has 0 N–H and O–H groups in total. The maximum atomic E-state index is 16.6. The third-order valence-corrected chi connectivity index (χ3v) is 29.3. The average Bonchev–Trinajstić information content (AvgIpc) is 0.653. The van der Waals surface area contributed by atoms with Crippen molar-refractivity contribution >= 4 is 108 Å². The fourth-order valence-corrected chi connectivity index (χ4v) is 21.8. The summed E-state index contributed by atoms with van der Waals surface area (Å²) in [5.41, 5.74) is -0.912. The van der Waals surface area contributed by atoms with Gasteiger partial charge >= 0.3 is 0 Å². The number of hydrogen-bond donors (Lipinski definition) is 0. The highest BCUT2D eigenvalue weighted by Crippen LogP contribution is 2.57. The zero-order chi connectivity index (χ0) is 88.5. The SMILES string of the molecule is CCCCCCCCCCCCOc1cc2c(cc1OCCCCCCCCCCCC)c1cc3c(=O)n(CC(CCCCCC)CCCCCCCC)c(=O)c4cc5c6cc(OCCCCCCCCCCCC)c(OCCCCCCCCCCCC)cc6c6cc7c(=O)n(CC(CCCCCC)CCCCCCCC)c(=O)c8cc2c2c1c(c34)c5c6c2c87. The van der Waals surface area contributed by atoms with Gasteiger partial charge in [0.15, 0.2) is 23.0 Å². The topological polar surface area (TPSA) is 115 Å². The van der Waals surface area contributed by atoms with Gasteiger partial charge in [-0.1, -0.05) is 415 Å². The first-order valence-corrected chi connectivity index (χ1v) is 54.0. The first-order valence-electron chi connectivity index (χ1n) is 54.0. The van der Waals surface area contributed by atoms with Crippen LogP contribution < -0.4 is 41.2 Å². The van der Waals surface area contributed by atoms with Crippen LogP contribution in [-0.2, 0) is 13.1 Å². The molecule has 2 atom stereocenters. The minimum atomic E-state index is -0.228. The normalized spacial score (nSPS) is 12.8. The summed E-state index contributed by atoms with van der Waals surface area (Å²) in [6.45, 7) is 21.2. The number of aromatic nitrogens is 2. The molecule has 2 heterocycles. The molecule has 0 amide bonds. The summed E-state index contributed by atoms with van der Waals surface area (Å²) in [5.74, 6) is 3.09. The molecule has 0 spiro atoms. The Hall–Kier alpha value is -6.68. The van der Waals surface area contributed by atoms with Crippen LogP contribution >= 0.6 is 0 Å². The smallest absolute Gasteiger partial charge is 0.261 e. The number of unbranched alkanes of at least 4 members (excludes halogenated alkanes) is 52. The first-order chi connectivity index (χ1) is 62.1. The number of hydrogen-bond acceptors (Lipinski definition) is 8. The Morgan fingerprint density at radius 3 is 0.540 bits per heavy atom. The third-order valence-electron chi connectivity index (χ3n) is 29.3. The van der Waals surface area contributed by atoms with E-state index in [0.29, 0.717) is 94.8 Å². The summed E-state index contributed by atoms with van der Waals surface area (Å²) in [4.78, 5) is 66.6. The minimum absolute atomic E-state index is 0.159. The maximum Gasteiger partial charge on any atom is 0.261 e. The van der Waals surface area contributed by atoms with Crippen molar-refractivity contribution in [2.24, 2.45) is 11.8 Å². The van der Waals surface area contributed by atoms with Crippen LogP contribution in [0.4, 0.5) is 0 Å². The Balaban J connectivity index is 1.17. The van der Waals surface area contributed by atoms with Gasteiger partial charge in [0.05, 0.1) is 26.4 Å². The second kappa shape index (κ2) is 55.5. The van der Waals surface area contributed by atoms with E-state index in [4.69, 9.17) is 18.9 Å². The van der Waals surface area contributed by atoms with Crippen LogP contribution in [0.2, 0.25) is 0 Å². The van der Waals surface area contributed by atoms with Gasteiger partial charge in [0.25, 0.3) is 22.2 Å². The summed E-state index contributed by atoms with van der Waals surface area (Å²) in [5, 5.41) is 16.5. The molecular weight excluding hydrogens is 1550 g/mol. The molecule has 11 aromatic rings. The molecule has 10 heteroatoms. The van der Waals surface area contributed by atoms with Crippen molar-refractivity contribution < 1.29 is 18.9 Å². The van der Waals surface area contributed by atoms with Crippen LogP contribution in [0.1, 0.15) is 466 Å². The zero-order valence-electron chi connectivity index (χ0n) is 81.4. The first kappa shape index (κ1) is 99.9. The lowest BCUT2D eigenvalue weighted by molar-refractivity contribution is 0.259. The number of pyridine rings is 2. The van der Waals surface area contributed by atoms with Crippen molar-refractivity contribution in [3.05, 3.63) is 89.9 Å². The van der Waals surface area contributed by atoms with Crippen LogP contribution in [0.15, 0.2) is 67.7 Å². The Kier molecular flexibility index (Phi) is 44.0. The summed E-state index contributed by atoms with van der Waals surface area (Å²) in [7, 11) is 0. The van der Waals surface area contributed by atoms with Crippen LogP contribution in [0.5, 0.6) is 23.0 Å². The van der Waals surface area contributed by atoms with Crippen molar-refractivity contribution in [2.45, 2.75) is 479 Å². The molecule has 0 saturated heterocycles. The van der Waals surface area contributed by atoms with E-state index in [0.717, 1.165) is 217 Å². The monoisotopic (exact) mass is 1720 g/mol. The molecule has 11 rings (SSSR count). The maximum absolute atomic E-state index is 16.6. The van der Waals surface area contributed by atoms with Crippen molar-refractivity contribution in [3.63, 3.8) is 0 Å². The Morgan fingerprint density at radius 2 is 0.349 bits per heavy atom. The van der Waals surface area contributed by atoms with Gasteiger partial charge in [-0.05, 0) is 176 Å². The van der Waals surface area contributed by atoms with Gasteiger partial charge < -0.3 is 18.9 Å². The second-order valence-corrected chi connectivity index (χ2v) is 39.7. The standard InChI is InChI=1S/C116H174N2O8/c1-9-17-25-33-39-43-47-51-57-65-73-123-101-81-89-90(82-102(101)124-74-66-58-52-48-44-40-34-26-18-10-2)94-78-98-106-100(116(122)118(114(98)120)86-88(70-62-32-24-16-8)72-64-56-38-30-22-14-6)80-96-92-84-104(126-76-68-60-54-50-46-42-36-28-20-12-4)103(125-75-67-59-53-49-45-41-35-27-19-11-3)83-91(92)95-79-99-105-97(77-93(89)107-108(94)112(106)110(96)109(95)111(105)107)113(119)117(115(99)121)85-87(69-61-31-23-15-7)71-63-55-37-29-21-13-5/h77-84,87-88H,9-76,85-86H2,1-8H3. The molecule has 2 aromatic heterocycles. The highest BCUT2D eigenvalue weighted by Gasteiger charge is 2.33. The predicted molar refractivity (Wildman–Crippen MR) is 548 cm³/mol. The molecule has 0 aliphatic heterocycles. The largest absolute Gasteiger partial charge is 0.490 e. The summed E-state index contributed by atoms with van der Waals surface area (Å²) < 4.78 is 32.2. The third kappa shape index (κ3) is 27.3. The number of ether oxygens (including phenoxy) is 4. The fraction of sp³-hybridized carbons (Fsp3) is 0.690. The second-order valence-electron chi connectivity index (χ2n) is 39.7. The van der Waals surface area contributed by atoms with E-state index < -0.39 is 0 Å². The molecule has 9 aromatic carbocycles. The molecule has 10 nitrogen and oxygen atoms in total. The molecule has 0 bridgehead atoms. The minimum Gasteiger partial charge on any atom is -0.490 e. The van der Waals surface area contributed by atoms with E-state index in [1.165, 1.54) is 270 Å². The Bertz CT molecular complexity index is 4550. The van der Waals surface area contributed by atoms with Gasteiger partial charge in [0.2, 0.25) is 0 Å². The number of rotatable bonds is 76. The lowest BCUT2D eigenvalue weighted by atomic mass is 9.77. The average molecular weight is 1720 g/mol. The van der Waals surface area contributed by atoms with Crippen molar-refractivity contribution in [2.75, 3.05) is 26.4 Å². The van der Waals surface area contributed by atoms with E-state index in [1.807, 2.05) is 0 Å². The highest BCUT2D eigenvalue weighted by molar-refractivity contribution is 6.54. The van der Waals surface area contributed by atoms with Crippen LogP contribution in [0, 0.1) is 11.8 Å². The Labute approximate surface area is 761 Å². The lowest BCUT2D eigenvalue weighted by Gasteiger charge is -2.27. The Morgan fingerprint density at radius 1 is 0.183 bits per heavy atom. The summed E-state index contributed by atoms with van der Waals surface area (Å²) in [6.07, 6.45) is 76.2. The molecule has 0 aliphatic rings. The quantitative estimate of drug-likeness (QED) is 0.0210. The van der Waals surface area contributed by atoms with E-state index in [1.54, 1.807) is 9.13 Å². The molecular formula is C116H174N2O8. The number of fused-ring (bicyclic) bond motifs is 6. The fourth-order valence-electron chi connectivity index (χ4n) is 21.8. The van der Waals surface area contributed by atoms with Gasteiger partial charge in [-0.3, -0.25) is 28.3 Å². The molecule has 126 heavy (non-hydrogen) atoms.